The summed E-state index contributed by atoms with van der Waals surface area (Å²) >= 11 is 3.13. The number of aryl methyl sites for hydroxylation is 1. The lowest BCUT2D eigenvalue weighted by atomic mass is 10.3. The van der Waals surface area contributed by atoms with E-state index in [4.69, 9.17) is 4.74 Å². The highest BCUT2D eigenvalue weighted by Crippen LogP contribution is 2.24. The van der Waals surface area contributed by atoms with Crippen LogP contribution in [-0.2, 0) is 23.1 Å². The van der Waals surface area contributed by atoms with Crippen molar-refractivity contribution in [3.05, 3.63) is 45.6 Å². The Morgan fingerprint density at radius 1 is 1.30 bits per heavy atom. The maximum absolute atomic E-state index is 12.3. The van der Waals surface area contributed by atoms with Crippen molar-refractivity contribution < 1.29 is 14.3 Å². The third-order valence-corrected chi connectivity index (χ3v) is 5.27. The van der Waals surface area contributed by atoms with Crippen LogP contribution in [0, 0.1) is 0 Å². The van der Waals surface area contributed by atoms with Crippen molar-refractivity contribution in [1.82, 2.24) is 9.88 Å². The zero-order chi connectivity index (χ0) is 16.4. The highest BCUT2D eigenvalue weighted by atomic mass is 32.1. The molecular weight excluding hydrogens is 332 g/mol. The zero-order valence-electron chi connectivity index (χ0n) is 12.7. The second kappa shape index (κ2) is 6.55. The second-order valence-electron chi connectivity index (χ2n) is 5.10. The first-order valence-electron chi connectivity index (χ1n) is 7.10. The van der Waals surface area contributed by atoms with Gasteiger partial charge in [0.1, 0.15) is 5.69 Å². The number of fused-ring (bicyclic) bond motifs is 1. The molecular formula is C16H16N2O3S2. The molecule has 7 heteroatoms. The number of carbonyl (C=O) groups excluding carboxylic acids is 2. The molecule has 3 heterocycles. The largest absolute Gasteiger partial charge is 0.448 e. The van der Waals surface area contributed by atoms with E-state index in [1.54, 1.807) is 40.2 Å². The number of carbonyl (C=O) groups is 2. The molecule has 23 heavy (non-hydrogen) atoms. The third-order valence-electron chi connectivity index (χ3n) is 3.54. The molecule has 1 N–H and O–H groups in total. The zero-order valence-corrected chi connectivity index (χ0v) is 14.4. The number of aromatic nitrogens is 1. The van der Waals surface area contributed by atoms with Crippen LogP contribution in [-0.4, -0.2) is 22.5 Å². The lowest BCUT2D eigenvalue weighted by molar-refractivity contribution is -0.129. The van der Waals surface area contributed by atoms with Crippen molar-refractivity contribution in [2.24, 2.45) is 7.05 Å². The summed E-state index contributed by atoms with van der Waals surface area (Å²) < 4.78 is 8.09. The van der Waals surface area contributed by atoms with E-state index in [1.807, 2.05) is 36.0 Å². The first kappa shape index (κ1) is 15.8. The molecule has 3 rings (SSSR count). The molecule has 3 aromatic heterocycles. The fourth-order valence-electron chi connectivity index (χ4n) is 2.25. The van der Waals surface area contributed by atoms with Crippen LogP contribution in [0.4, 0.5) is 0 Å². The van der Waals surface area contributed by atoms with E-state index in [1.165, 1.54) is 0 Å². The second-order valence-corrected chi connectivity index (χ2v) is 7.08. The van der Waals surface area contributed by atoms with E-state index in [-0.39, 0.29) is 5.91 Å². The number of hydrogen-bond acceptors (Lipinski definition) is 5. The van der Waals surface area contributed by atoms with Gasteiger partial charge in [-0.2, -0.15) is 0 Å². The Morgan fingerprint density at radius 3 is 2.83 bits per heavy atom. The Labute approximate surface area is 141 Å². The van der Waals surface area contributed by atoms with Gasteiger partial charge in [0.05, 0.1) is 16.8 Å². The predicted molar refractivity (Wildman–Crippen MR) is 91.8 cm³/mol. The average molecular weight is 348 g/mol. The Morgan fingerprint density at radius 2 is 2.13 bits per heavy atom. The SMILES string of the molecule is C[C@@H](OC(=O)c1cc2sccc2n1C)C(=O)NCc1cccs1. The normalized spacial score (nSPS) is 12.3. The number of rotatable bonds is 5. The summed E-state index contributed by atoms with van der Waals surface area (Å²) in [6, 6.07) is 7.61. The fourth-order valence-corrected chi connectivity index (χ4v) is 3.75. The molecule has 0 spiro atoms. The Balaban J connectivity index is 1.61. The molecule has 3 aromatic rings. The van der Waals surface area contributed by atoms with Crippen molar-refractivity contribution >= 4 is 44.8 Å². The van der Waals surface area contributed by atoms with Crippen LogP contribution in [0.5, 0.6) is 0 Å². The van der Waals surface area contributed by atoms with Crippen LogP contribution in [0.1, 0.15) is 22.3 Å². The van der Waals surface area contributed by atoms with Gasteiger partial charge in [0.15, 0.2) is 6.10 Å². The summed E-state index contributed by atoms with van der Waals surface area (Å²) in [4.78, 5) is 25.3. The van der Waals surface area contributed by atoms with Crippen LogP contribution >= 0.6 is 22.7 Å². The molecule has 0 saturated heterocycles. The molecule has 5 nitrogen and oxygen atoms in total. The van der Waals surface area contributed by atoms with Crippen LogP contribution in [0.25, 0.3) is 10.2 Å². The van der Waals surface area contributed by atoms with Gasteiger partial charge in [0, 0.05) is 11.9 Å². The summed E-state index contributed by atoms with van der Waals surface area (Å²) in [7, 11) is 1.81. The predicted octanol–water partition coefficient (Wildman–Crippen LogP) is 3.16. The van der Waals surface area contributed by atoms with E-state index in [0.717, 1.165) is 15.1 Å². The van der Waals surface area contributed by atoms with Crippen LogP contribution < -0.4 is 5.32 Å². The molecule has 0 bridgehead atoms. The summed E-state index contributed by atoms with van der Waals surface area (Å²) in [6.45, 7) is 2.02. The smallest absolute Gasteiger partial charge is 0.355 e. The number of nitrogens with one attached hydrogen (secondary N) is 1. The van der Waals surface area contributed by atoms with Crippen LogP contribution in [0.2, 0.25) is 0 Å². The third kappa shape index (κ3) is 3.30. The average Bonchev–Trinajstić information content (AvgIpc) is 3.23. The standard InChI is InChI=1S/C16H16N2O3S2/c1-10(15(19)17-9-11-4-3-6-22-11)21-16(20)13-8-14-12(18(13)2)5-7-23-14/h3-8,10H,9H2,1-2H3,(H,17,19)/t10-/m1/s1. The lowest BCUT2D eigenvalue weighted by Gasteiger charge is -2.13. The Kier molecular flexibility index (Phi) is 4.49. The number of nitrogens with zero attached hydrogens (tertiary/aromatic N) is 1. The van der Waals surface area contributed by atoms with Crippen molar-refractivity contribution in [3.8, 4) is 0 Å². The quantitative estimate of drug-likeness (QED) is 0.721. The van der Waals surface area contributed by atoms with E-state index in [0.29, 0.717) is 12.2 Å². The van der Waals surface area contributed by atoms with Gasteiger partial charge in [-0.05, 0) is 35.9 Å². The number of ether oxygens (including phenoxy) is 1. The molecule has 0 unspecified atom stereocenters. The van der Waals surface area contributed by atoms with Crippen molar-refractivity contribution in [3.63, 3.8) is 0 Å². The maximum atomic E-state index is 12.3. The molecule has 0 saturated carbocycles. The van der Waals surface area contributed by atoms with E-state index < -0.39 is 12.1 Å². The number of hydrogen-bond donors (Lipinski definition) is 1. The minimum Gasteiger partial charge on any atom is -0.448 e. The summed E-state index contributed by atoms with van der Waals surface area (Å²) in [5.74, 6) is -0.794. The van der Waals surface area contributed by atoms with Gasteiger partial charge in [0.2, 0.25) is 0 Å². The highest BCUT2D eigenvalue weighted by molar-refractivity contribution is 7.17. The van der Waals surface area contributed by atoms with Crippen LogP contribution in [0.15, 0.2) is 35.0 Å². The summed E-state index contributed by atoms with van der Waals surface area (Å²) in [5.41, 5.74) is 1.43. The molecule has 0 aliphatic carbocycles. The Hall–Kier alpha value is -2.12. The van der Waals surface area contributed by atoms with Gasteiger partial charge < -0.3 is 14.6 Å². The minimum atomic E-state index is -0.838. The monoisotopic (exact) mass is 348 g/mol. The van der Waals surface area contributed by atoms with Gasteiger partial charge >= 0.3 is 5.97 Å². The van der Waals surface area contributed by atoms with Gasteiger partial charge in [-0.1, -0.05) is 6.07 Å². The first-order valence-corrected chi connectivity index (χ1v) is 8.86. The molecule has 1 atom stereocenters. The first-order chi connectivity index (χ1) is 11.1. The molecule has 0 fully saturated rings. The van der Waals surface area contributed by atoms with E-state index in [9.17, 15) is 9.59 Å². The van der Waals surface area contributed by atoms with E-state index in [2.05, 4.69) is 5.32 Å². The number of thiophene rings is 2. The minimum absolute atomic E-state index is 0.303. The fraction of sp³-hybridized carbons (Fsp3) is 0.250. The highest BCUT2D eigenvalue weighted by Gasteiger charge is 2.21. The van der Waals surface area contributed by atoms with Gasteiger partial charge in [-0.3, -0.25) is 4.79 Å². The molecule has 0 aliphatic heterocycles. The molecule has 0 aromatic carbocycles. The summed E-state index contributed by atoms with van der Waals surface area (Å²) in [6.07, 6.45) is -0.838. The van der Waals surface area contributed by atoms with Crippen molar-refractivity contribution in [2.45, 2.75) is 19.6 Å². The maximum Gasteiger partial charge on any atom is 0.355 e. The van der Waals surface area contributed by atoms with E-state index >= 15 is 0 Å². The lowest BCUT2D eigenvalue weighted by Crippen LogP contribution is -2.35. The van der Waals surface area contributed by atoms with Gasteiger partial charge in [-0.15, -0.1) is 22.7 Å². The molecule has 0 radical (unpaired) electrons. The van der Waals surface area contributed by atoms with Crippen molar-refractivity contribution in [2.75, 3.05) is 0 Å². The van der Waals surface area contributed by atoms with Crippen LogP contribution in [0.3, 0.4) is 0 Å². The molecule has 1 amide bonds. The van der Waals surface area contributed by atoms with Gasteiger partial charge in [-0.25, -0.2) is 4.79 Å². The van der Waals surface area contributed by atoms with Crippen molar-refractivity contribution in [1.29, 1.82) is 0 Å². The molecule has 120 valence electrons. The number of amides is 1. The topological polar surface area (TPSA) is 60.3 Å². The Bertz CT molecular complexity index is 833. The van der Waals surface area contributed by atoms with Gasteiger partial charge in [0.25, 0.3) is 5.91 Å². The number of esters is 1. The summed E-state index contributed by atoms with van der Waals surface area (Å²) in [5, 5.41) is 6.69. The molecule has 0 aliphatic rings.